The Morgan fingerprint density at radius 3 is 1.35 bits per heavy atom. The van der Waals surface area contributed by atoms with Crippen molar-refractivity contribution in [2.45, 2.75) is 143 Å². The van der Waals surface area contributed by atoms with E-state index in [4.69, 9.17) is 4.74 Å². The fraction of sp³-hybridized carbons (Fsp3) is 0.875. The summed E-state index contributed by atoms with van der Waals surface area (Å²) in [5.41, 5.74) is -2.37. The largest absolute Gasteiger partial charge is 0.469 e. The predicted octanol–water partition coefficient (Wildman–Crippen LogP) is 6.24. The number of esters is 2. The molecule has 6 aliphatic carbocycles. The molecule has 9 nitrogen and oxygen atoms in total. The van der Waals surface area contributed by atoms with Crippen LogP contribution in [0, 0.1) is 69.0 Å². The van der Waals surface area contributed by atoms with Gasteiger partial charge in [0.25, 0.3) is 0 Å². The maximum absolute atomic E-state index is 12.1. The lowest BCUT2D eigenvalue weighted by molar-refractivity contribution is -0.160. The van der Waals surface area contributed by atoms with Crippen molar-refractivity contribution in [1.29, 1.82) is 0 Å². The van der Waals surface area contributed by atoms with Gasteiger partial charge in [-0.25, -0.2) is 0 Å². The molecule has 0 spiro atoms. The van der Waals surface area contributed by atoms with E-state index in [2.05, 4.69) is 25.5 Å². The number of aliphatic hydroxyl groups is 2. The minimum Gasteiger partial charge on any atom is -0.469 e. The van der Waals surface area contributed by atoms with E-state index in [1.165, 1.54) is 7.11 Å². The predicted molar refractivity (Wildman–Crippen MR) is 183 cm³/mol. The van der Waals surface area contributed by atoms with Crippen LogP contribution < -0.4 is 0 Å². The maximum atomic E-state index is 12.1. The Bertz CT molecular complexity index is 1290. The second-order valence-electron chi connectivity index (χ2n) is 18.4. The van der Waals surface area contributed by atoms with E-state index in [0.717, 1.165) is 89.6 Å². The smallest absolute Gasteiger partial charge is 0.313 e. The van der Waals surface area contributed by atoms with Crippen molar-refractivity contribution < 1.29 is 43.7 Å². The molecule has 2 N–H and O–H groups in total. The molecule has 49 heavy (non-hydrogen) atoms. The summed E-state index contributed by atoms with van der Waals surface area (Å²) in [4.78, 5) is 58.2. The lowest BCUT2D eigenvalue weighted by Crippen LogP contribution is -2.55. The lowest BCUT2D eigenvalue weighted by atomic mass is 9.47. The van der Waals surface area contributed by atoms with Crippen molar-refractivity contribution in [3.63, 3.8) is 0 Å². The van der Waals surface area contributed by atoms with Crippen LogP contribution in [0.5, 0.6) is 0 Å². The Hall–Kier alpha value is -2.13. The van der Waals surface area contributed by atoms with E-state index in [-0.39, 0.29) is 47.4 Å². The minimum absolute atomic E-state index is 0.0346. The standard InChI is InChI=1S/C20H30O5.C20H32O4/c1-18(11-21)13(10-17(23)25-12-22)4-5-14-15(18)6-8-19(2)16(14)7-9-20(19,3)24;1-18(12-21)13(11-17(22)24-4)5-6-14-15(18)7-9-19(2)16(14)8-10-20(19,3)23/h11-16,24H,4-10H2,1-3H3;12-16,23H,5-11H2,1-4H3/t2*13-,14?,15?,16?,18-,19-,20-/m00/s1. The Kier molecular flexibility index (Phi) is 10.5. The molecule has 6 saturated carbocycles. The molecule has 6 fully saturated rings. The Morgan fingerprint density at radius 1 is 0.592 bits per heavy atom. The first-order valence-corrected chi connectivity index (χ1v) is 19.0. The molecule has 9 heteroatoms. The molecule has 0 aliphatic heterocycles. The van der Waals surface area contributed by atoms with E-state index in [1.54, 1.807) is 0 Å². The molecule has 6 unspecified atom stereocenters. The van der Waals surface area contributed by atoms with Gasteiger partial charge in [0.05, 0.1) is 18.3 Å². The molecular weight excluding hydrogens is 624 g/mol. The minimum atomic E-state index is -0.634. The van der Waals surface area contributed by atoms with Gasteiger partial charge in [0, 0.05) is 23.7 Å². The molecule has 0 aromatic rings. The van der Waals surface area contributed by atoms with Gasteiger partial charge in [0.15, 0.2) is 0 Å². The number of ether oxygens (including phenoxy) is 2. The zero-order chi connectivity index (χ0) is 36.2. The number of carbonyl (C=O) groups is 5. The van der Waals surface area contributed by atoms with Crippen molar-refractivity contribution in [2.75, 3.05) is 7.11 Å². The van der Waals surface area contributed by atoms with Crippen molar-refractivity contribution in [2.24, 2.45) is 69.0 Å². The number of hydrogen-bond donors (Lipinski definition) is 2. The summed E-state index contributed by atoms with van der Waals surface area (Å²) >= 11 is 0. The molecule has 0 radical (unpaired) electrons. The van der Waals surface area contributed by atoms with Crippen LogP contribution in [0.25, 0.3) is 0 Å². The number of fused-ring (bicyclic) bond motifs is 6. The van der Waals surface area contributed by atoms with E-state index in [1.807, 2.05) is 20.8 Å². The highest BCUT2D eigenvalue weighted by atomic mass is 16.6. The summed E-state index contributed by atoms with van der Waals surface area (Å²) in [6.07, 6.45) is 13.9. The van der Waals surface area contributed by atoms with Crippen molar-refractivity contribution in [3.05, 3.63) is 0 Å². The molecule has 0 saturated heterocycles. The lowest BCUT2D eigenvalue weighted by Gasteiger charge is -2.58. The Morgan fingerprint density at radius 2 is 0.980 bits per heavy atom. The van der Waals surface area contributed by atoms with Crippen LogP contribution in [0.2, 0.25) is 0 Å². The molecular formula is C40H62O9. The average molecular weight is 687 g/mol. The third-order valence-electron chi connectivity index (χ3n) is 16.8. The molecule has 6 aliphatic rings. The summed E-state index contributed by atoms with van der Waals surface area (Å²) in [6.45, 7) is 12.6. The molecule has 0 amide bonds. The number of carbonyl (C=O) groups excluding carboxylic acids is 5. The zero-order valence-electron chi connectivity index (χ0n) is 31.0. The van der Waals surface area contributed by atoms with Gasteiger partial charge in [-0.2, -0.15) is 0 Å². The Labute approximate surface area is 293 Å². The van der Waals surface area contributed by atoms with E-state index < -0.39 is 28.0 Å². The van der Waals surface area contributed by atoms with Gasteiger partial charge in [-0.15, -0.1) is 0 Å². The van der Waals surface area contributed by atoms with Crippen LogP contribution in [0.3, 0.4) is 0 Å². The topological polar surface area (TPSA) is 144 Å². The summed E-state index contributed by atoms with van der Waals surface area (Å²) in [5, 5.41) is 21.8. The molecule has 0 bridgehead atoms. The quantitative estimate of drug-likeness (QED) is 0.181. The van der Waals surface area contributed by atoms with Gasteiger partial charge in [0.1, 0.15) is 12.6 Å². The molecule has 0 aromatic carbocycles. The van der Waals surface area contributed by atoms with Gasteiger partial charge in [0.2, 0.25) is 0 Å². The molecule has 0 aromatic heterocycles. The number of rotatable bonds is 7. The fourth-order valence-corrected chi connectivity index (χ4v) is 13.0. The molecule has 276 valence electrons. The van der Waals surface area contributed by atoms with Gasteiger partial charge < -0.3 is 29.3 Å². The highest BCUT2D eigenvalue weighted by molar-refractivity contribution is 5.77. The first-order chi connectivity index (χ1) is 22.9. The van der Waals surface area contributed by atoms with E-state index in [9.17, 15) is 34.2 Å². The highest BCUT2D eigenvalue weighted by Crippen LogP contribution is 2.67. The summed E-state index contributed by atoms with van der Waals surface area (Å²) in [5.74, 6) is 1.63. The van der Waals surface area contributed by atoms with Crippen LogP contribution in [0.1, 0.15) is 131 Å². The normalized spacial score (nSPS) is 49.8. The average Bonchev–Trinajstić information content (AvgIpc) is 3.46. The number of hydrogen-bond acceptors (Lipinski definition) is 9. The van der Waals surface area contributed by atoms with Gasteiger partial charge in [-0.05, 0) is 149 Å². The second kappa shape index (κ2) is 13.4. The first-order valence-electron chi connectivity index (χ1n) is 19.0. The molecule has 6 rings (SSSR count). The summed E-state index contributed by atoms with van der Waals surface area (Å²) < 4.78 is 9.31. The zero-order valence-corrected chi connectivity index (χ0v) is 31.0. The third kappa shape index (κ3) is 6.04. The van der Waals surface area contributed by atoms with Crippen molar-refractivity contribution in [1.82, 2.24) is 0 Å². The SMILES string of the molecule is COC(=O)C[C@@H]1CCC2C3CC[C@](C)(O)[C@@]3(C)CCC2[C@@]1(C)C=O.C[C@]1(O)CCC2C3CC[C@@H](CC(=O)OC=O)[C@](C)(C=O)C3CC[C@@]21C. The van der Waals surface area contributed by atoms with E-state index >= 15 is 0 Å². The highest BCUT2D eigenvalue weighted by Gasteiger charge is 2.64. The maximum Gasteiger partial charge on any atom is 0.313 e. The number of methoxy groups -OCH3 is 1. The van der Waals surface area contributed by atoms with Crippen LogP contribution >= 0.6 is 0 Å². The number of aldehydes is 2. The van der Waals surface area contributed by atoms with Crippen LogP contribution in [0.4, 0.5) is 0 Å². The molecule has 14 atom stereocenters. The van der Waals surface area contributed by atoms with Crippen molar-refractivity contribution in [3.8, 4) is 0 Å². The monoisotopic (exact) mass is 686 g/mol. The van der Waals surface area contributed by atoms with Gasteiger partial charge >= 0.3 is 18.4 Å². The molecule has 0 heterocycles. The first kappa shape index (κ1) is 38.1. The van der Waals surface area contributed by atoms with Crippen LogP contribution in [-0.4, -0.2) is 59.5 Å². The van der Waals surface area contributed by atoms with Crippen LogP contribution in [0.15, 0.2) is 0 Å². The van der Waals surface area contributed by atoms with E-state index in [0.29, 0.717) is 36.0 Å². The third-order valence-corrected chi connectivity index (χ3v) is 16.8. The Balaban J connectivity index is 0.000000191. The van der Waals surface area contributed by atoms with Gasteiger partial charge in [-0.3, -0.25) is 14.4 Å². The van der Waals surface area contributed by atoms with Crippen LogP contribution in [-0.2, 0) is 33.4 Å². The second-order valence-corrected chi connectivity index (χ2v) is 18.4. The van der Waals surface area contributed by atoms with Gasteiger partial charge in [-0.1, -0.05) is 27.7 Å². The van der Waals surface area contributed by atoms with Crippen molar-refractivity contribution >= 4 is 31.0 Å². The summed E-state index contributed by atoms with van der Waals surface area (Å²) in [7, 11) is 1.42. The summed E-state index contributed by atoms with van der Waals surface area (Å²) in [6, 6.07) is 0. The fourth-order valence-electron chi connectivity index (χ4n) is 13.0.